The number of aliphatic hydroxyl groups excluding tert-OH is 1. The molecule has 1 saturated heterocycles. The zero-order valence-corrected chi connectivity index (χ0v) is 14.2. The van der Waals surface area contributed by atoms with E-state index in [1.807, 2.05) is 24.8 Å². The highest BCUT2D eigenvalue weighted by Crippen LogP contribution is 2.33. The van der Waals surface area contributed by atoms with Crippen LogP contribution in [0.4, 0.5) is 0 Å². The first-order valence-electron chi connectivity index (χ1n) is 8.45. The van der Waals surface area contributed by atoms with Crippen molar-refractivity contribution in [1.82, 2.24) is 4.90 Å². The summed E-state index contributed by atoms with van der Waals surface area (Å²) in [5, 5.41) is 10.1. The van der Waals surface area contributed by atoms with Crippen molar-refractivity contribution in [1.29, 1.82) is 0 Å². The second-order valence-corrected chi connectivity index (χ2v) is 6.62. The number of fused-ring (bicyclic) bond motifs is 1. The Balaban J connectivity index is 1.96. The highest BCUT2D eigenvalue weighted by atomic mass is 16.3. The maximum atomic E-state index is 13.0. The summed E-state index contributed by atoms with van der Waals surface area (Å²) in [6.07, 6.45) is 3.65. The lowest BCUT2D eigenvalue weighted by molar-refractivity contribution is 0.0693. The minimum atomic E-state index is -0.00191. The molecule has 1 amide bonds. The lowest BCUT2D eigenvalue weighted by Crippen LogP contribution is -2.35. The Morgan fingerprint density at radius 1 is 1.30 bits per heavy atom. The number of hydrogen-bond donors (Lipinski definition) is 1. The van der Waals surface area contributed by atoms with Crippen LogP contribution in [0.5, 0.6) is 0 Å². The van der Waals surface area contributed by atoms with Crippen molar-refractivity contribution in [2.75, 3.05) is 13.2 Å². The molecule has 0 aliphatic carbocycles. The summed E-state index contributed by atoms with van der Waals surface area (Å²) in [4.78, 5) is 14.9. The summed E-state index contributed by atoms with van der Waals surface area (Å²) in [7, 11) is 0. The zero-order chi connectivity index (χ0) is 16.6. The summed E-state index contributed by atoms with van der Waals surface area (Å²) in [6.45, 7) is 7.01. The van der Waals surface area contributed by atoms with Crippen molar-refractivity contribution in [3.8, 4) is 0 Å². The fourth-order valence-corrected chi connectivity index (χ4v) is 3.74. The number of hydrogen-bond acceptors (Lipinski definition) is 3. The van der Waals surface area contributed by atoms with E-state index in [9.17, 15) is 4.79 Å². The van der Waals surface area contributed by atoms with Gasteiger partial charge in [0.2, 0.25) is 0 Å². The lowest BCUT2D eigenvalue weighted by Gasteiger charge is -2.23. The molecular weight excluding hydrogens is 290 g/mol. The van der Waals surface area contributed by atoms with Crippen molar-refractivity contribution < 1.29 is 14.3 Å². The van der Waals surface area contributed by atoms with Crippen molar-refractivity contribution in [2.24, 2.45) is 0 Å². The normalized spacial score (nSPS) is 18.1. The van der Waals surface area contributed by atoms with Gasteiger partial charge in [-0.1, -0.05) is 12.1 Å². The summed E-state index contributed by atoms with van der Waals surface area (Å²) in [5.74, 6) is 0.478. The standard InChI is InChI=1S/C19H25NO3/c1-12-8-9-13(2)17-16(12)14(3)18(23-17)19(22)20-10-4-6-15(20)7-5-11-21/h8-9,15,21H,4-7,10-11H2,1-3H3. The van der Waals surface area contributed by atoms with Crippen molar-refractivity contribution in [2.45, 2.75) is 52.5 Å². The van der Waals surface area contributed by atoms with Crippen LogP contribution < -0.4 is 0 Å². The van der Waals surface area contributed by atoms with Gasteiger partial charge < -0.3 is 14.4 Å². The van der Waals surface area contributed by atoms with Crippen molar-refractivity contribution >= 4 is 16.9 Å². The van der Waals surface area contributed by atoms with Crippen LogP contribution in [0.2, 0.25) is 0 Å². The molecule has 1 atom stereocenters. The van der Waals surface area contributed by atoms with Gasteiger partial charge in [-0.2, -0.15) is 0 Å². The third-order valence-corrected chi connectivity index (χ3v) is 5.01. The van der Waals surface area contributed by atoms with E-state index in [1.165, 1.54) is 0 Å². The fourth-order valence-electron chi connectivity index (χ4n) is 3.74. The quantitative estimate of drug-likeness (QED) is 0.935. The predicted molar refractivity (Wildman–Crippen MR) is 90.8 cm³/mol. The van der Waals surface area contributed by atoms with E-state index in [0.29, 0.717) is 5.76 Å². The summed E-state index contributed by atoms with van der Waals surface area (Å²) in [6, 6.07) is 4.34. The van der Waals surface area contributed by atoms with Crippen LogP contribution in [0.1, 0.15) is 52.9 Å². The number of furan rings is 1. The minimum Gasteiger partial charge on any atom is -0.450 e. The Hall–Kier alpha value is -1.81. The van der Waals surface area contributed by atoms with E-state index in [1.54, 1.807) is 0 Å². The average molecular weight is 315 g/mol. The molecule has 1 aromatic carbocycles. The molecule has 0 spiro atoms. The van der Waals surface area contributed by atoms with E-state index in [4.69, 9.17) is 9.52 Å². The molecule has 1 aromatic heterocycles. The van der Waals surface area contributed by atoms with Gasteiger partial charge in [0, 0.05) is 30.1 Å². The van der Waals surface area contributed by atoms with Gasteiger partial charge in [0.1, 0.15) is 5.58 Å². The van der Waals surface area contributed by atoms with E-state index in [-0.39, 0.29) is 18.6 Å². The minimum absolute atomic E-state index is 0.00191. The molecule has 2 aromatic rings. The van der Waals surface area contributed by atoms with Gasteiger partial charge in [0.25, 0.3) is 5.91 Å². The number of carbonyl (C=O) groups is 1. The molecule has 0 saturated carbocycles. The number of nitrogens with zero attached hydrogens (tertiary/aromatic N) is 1. The molecule has 0 bridgehead atoms. The van der Waals surface area contributed by atoms with Crippen LogP contribution in [-0.4, -0.2) is 35.1 Å². The van der Waals surface area contributed by atoms with E-state index >= 15 is 0 Å². The van der Waals surface area contributed by atoms with Crippen LogP contribution in [0.25, 0.3) is 11.0 Å². The van der Waals surface area contributed by atoms with E-state index in [0.717, 1.165) is 59.9 Å². The Kier molecular flexibility index (Phi) is 4.44. The van der Waals surface area contributed by atoms with E-state index in [2.05, 4.69) is 13.0 Å². The molecule has 1 N–H and O–H groups in total. The Labute approximate surface area is 137 Å². The van der Waals surface area contributed by atoms with Crippen LogP contribution in [-0.2, 0) is 0 Å². The summed E-state index contributed by atoms with van der Waals surface area (Å²) >= 11 is 0. The van der Waals surface area contributed by atoms with Crippen molar-refractivity contribution in [3.63, 3.8) is 0 Å². The summed E-state index contributed by atoms with van der Waals surface area (Å²) in [5.41, 5.74) is 3.98. The van der Waals surface area contributed by atoms with Crippen LogP contribution in [0, 0.1) is 20.8 Å². The van der Waals surface area contributed by atoms with Crippen LogP contribution in [0.3, 0.4) is 0 Å². The Morgan fingerprint density at radius 2 is 2.04 bits per heavy atom. The first kappa shape index (κ1) is 16.1. The molecule has 4 nitrogen and oxygen atoms in total. The number of aliphatic hydroxyl groups is 1. The fraction of sp³-hybridized carbons (Fsp3) is 0.526. The van der Waals surface area contributed by atoms with Gasteiger partial charge in [0.05, 0.1) is 0 Å². The van der Waals surface area contributed by atoms with Gasteiger partial charge in [-0.3, -0.25) is 4.79 Å². The molecule has 124 valence electrons. The van der Waals surface area contributed by atoms with Crippen molar-refractivity contribution in [3.05, 3.63) is 34.6 Å². The van der Waals surface area contributed by atoms with Gasteiger partial charge in [-0.15, -0.1) is 0 Å². The molecule has 3 rings (SSSR count). The molecule has 4 heteroatoms. The first-order chi connectivity index (χ1) is 11.0. The maximum Gasteiger partial charge on any atom is 0.290 e. The number of likely N-dealkylation sites (tertiary alicyclic amines) is 1. The van der Waals surface area contributed by atoms with Gasteiger partial charge in [-0.25, -0.2) is 0 Å². The smallest absolute Gasteiger partial charge is 0.290 e. The molecule has 1 aliphatic heterocycles. The largest absolute Gasteiger partial charge is 0.450 e. The number of aryl methyl sites for hydroxylation is 3. The van der Waals surface area contributed by atoms with Crippen LogP contribution in [0.15, 0.2) is 16.5 Å². The average Bonchev–Trinajstić information content (AvgIpc) is 3.13. The molecular formula is C19H25NO3. The molecule has 1 aliphatic rings. The second kappa shape index (κ2) is 6.36. The van der Waals surface area contributed by atoms with Gasteiger partial charge in [0.15, 0.2) is 5.76 Å². The highest BCUT2D eigenvalue weighted by molar-refractivity contribution is 6.00. The SMILES string of the molecule is Cc1ccc(C)c2c(C)c(C(=O)N3CCCC3CCCO)oc12. The topological polar surface area (TPSA) is 53.7 Å². The molecule has 0 radical (unpaired) electrons. The highest BCUT2D eigenvalue weighted by Gasteiger charge is 2.32. The third kappa shape index (κ3) is 2.76. The molecule has 2 heterocycles. The number of carbonyl (C=O) groups excluding carboxylic acids is 1. The third-order valence-electron chi connectivity index (χ3n) is 5.01. The lowest BCUT2D eigenvalue weighted by atomic mass is 10.0. The Bertz CT molecular complexity index is 732. The molecule has 23 heavy (non-hydrogen) atoms. The number of rotatable bonds is 4. The predicted octanol–water partition coefficient (Wildman–Crippen LogP) is 3.74. The zero-order valence-electron chi connectivity index (χ0n) is 14.2. The maximum absolute atomic E-state index is 13.0. The molecule has 1 fully saturated rings. The second-order valence-electron chi connectivity index (χ2n) is 6.62. The monoisotopic (exact) mass is 315 g/mol. The Morgan fingerprint density at radius 3 is 2.74 bits per heavy atom. The summed E-state index contributed by atoms with van der Waals surface area (Å²) < 4.78 is 6.00. The molecule has 1 unspecified atom stereocenters. The van der Waals surface area contributed by atoms with E-state index < -0.39 is 0 Å². The number of benzene rings is 1. The first-order valence-corrected chi connectivity index (χ1v) is 8.45. The number of amides is 1. The van der Waals surface area contributed by atoms with Crippen LogP contribution >= 0.6 is 0 Å². The van der Waals surface area contributed by atoms with Gasteiger partial charge >= 0.3 is 0 Å². The van der Waals surface area contributed by atoms with Gasteiger partial charge in [-0.05, 0) is 57.6 Å².